The van der Waals surface area contributed by atoms with Crippen molar-refractivity contribution in [2.45, 2.75) is 59.5 Å². The van der Waals surface area contributed by atoms with Crippen molar-refractivity contribution in [2.75, 3.05) is 25.6 Å². The average molecular weight is 485 g/mol. The Kier molecular flexibility index (Phi) is 9.82. The standard InChI is InChI=1S/C32H40N2O2/c1-6-26-21-29(27-15-17-28(18-16-27)34(4)5)31(36-23-25-13-9-7-10-14-25)22-30(26)35-20-12-8-11-19-32(2,3)24-33/h7,9-10,13-18,21-22H,6,8,11-12,19-20,23H2,1-5H3. The monoisotopic (exact) mass is 484 g/mol. The second-order valence-corrected chi connectivity index (χ2v) is 10.2. The van der Waals surface area contributed by atoms with Gasteiger partial charge in [-0.05, 0) is 68.0 Å². The first-order valence-electron chi connectivity index (χ1n) is 13.0. The van der Waals surface area contributed by atoms with Gasteiger partial charge in [-0.25, -0.2) is 0 Å². The number of rotatable bonds is 13. The normalized spacial score (nSPS) is 11.1. The third-order valence-corrected chi connectivity index (χ3v) is 6.48. The molecule has 3 aromatic rings. The second-order valence-electron chi connectivity index (χ2n) is 10.2. The molecule has 3 aromatic carbocycles. The number of nitrogens with zero attached hydrogens (tertiary/aromatic N) is 2. The van der Waals surface area contributed by atoms with Crippen LogP contribution in [0.3, 0.4) is 0 Å². The van der Waals surface area contributed by atoms with Crippen molar-refractivity contribution < 1.29 is 9.47 Å². The van der Waals surface area contributed by atoms with E-state index in [1.807, 2.05) is 32.0 Å². The van der Waals surface area contributed by atoms with Crippen LogP contribution in [0.4, 0.5) is 5.69 Å². The van der Waals surface area contributed by atoms with Crippen LogP contribution < -0.4 is 14.4 Å². The molecule has 0 amide bonds. The summed E-state index contributed by atoms with van der Waals surface area (Å²) in [5.74, 6) is 1.73. The third kappa shape index (κ3) is 7.78. The summed E-state index contributed by atoms with van der Waals surface area (Å²) < 4.78 is 12.6. The fourth-order valence-electron chi connectivity index (χ4n) is 4.12. The molecule has 0 heterocycles. The maximum Gasteiger partial charge on any atom is 0.131 e. The molecule has 0 aliphatic rings. The summed E-state index contributed by atoms with van der Waals surface area (Å²) in [6, 6.07) is 25.5. The lowest BCUT2D eigenvalue weighted by atomic mass is 9.89. The van der Waals surface area contributed by atoms with E-state index in [0.29, 0.717) is 13.2 Å². The molecule has 3 rings (SSSR count). The summed E-state index contributed by atoms with van der Waals surface area (Å²) in [4.78, 5) is 2.10. The second kappa shape index (κ2) is 13.0. The number of unbranched alkanes of at least 4 members (excludes halogenated alkanes) is 2. The highest BCUT2D eigenvalue weighted by atomic mass is 16.5. The maximum atomic E-state index is 9.20. The molecule has 36 heavy (non-hydrogen) atoms. The number of aryl methyl sites for hydroxylation is 1. The third-order valence-electron chi connectivity index (χ3n) is 6.48. The van der Waals surface area contributed by atoms with Crippen molar-refractivity contribution >= 4 is 5.69 Å². The molecule has 0 saturated heterocycles. The van der Waals surface area contributed by atoms with Gasteiger partial charge in [-0.3, -0.25) is 0 Å². The summed E-state index contributed by atoms with van der Waals surface area (Å²) in [6.07, 6.45) is 4.87. The molecule has 0 bridgehead atoms. The lowest BCUT2D eigenvalue weighted by Gasteiger charge is -2.19. The number of anilines is 1. The van der Waals surface area contributed by atoms with Crippen LogP contribution in [0, 0.1) is 16.7 Å². The Labute approximate surface area is 217 Å². The molecule has 0 aromatic heterocycles. The Morgan fingerprint density at radius 1 is 0.861 bits per heavy atom. The van der Waals surface area contributed by atoms with Crippen LogP contribution in [0.2, 0.25) is 0 Å². The SMILES string of the molecule is CCc1cc(-c2ccc(N(C)C)cc2)c(OCc2ccccc2)cc1OCCCCCC(C)(C)C#N. The van der Waals surface area contributed by atoms with Crippen LogP contribution in [0.1, 0.15) is 57.6 Å². The largest absolute Gasteiger partial charge is 0.493 e. The van der Waals surface area contributed by atoms with Crippen LogP contribution in [0.15, 0.2) is 66.7 Å². The Bertz CT molecular complexity index is 1130. The predicted octanol–water partition coefficient (Wildman–Crippen LogP) is 8.05. The lowest BCUT2D eigenvalue weighted by molar-refractivity contribution is 0.286. The number of benzene rings is 3. The van der Waals surface area contributed by atoms with E-state index in [1.54, 1.807) is 0 Å². The van der Waals surface area contributed by atoms with E-state index in [1.165, 1.54) is 11.3 Å². The van der Waals surface area contributed by atoms with Gasteiger partial charge in [0.05, 0.1) is 18.1 Å². The fraction of sp³-hybridized carbons (Fsp3) is 0.406. The van der Waals surface area contributed by atoms with Crippen LogP contribution in [0.25, 0.3) is 11.1 Å². The summed E-state index contributed by atoms with van der Waals surface area (Å²) >= 11 is 0. The highest BCUT2D eigenvalue weighted by molar-refractivity contribution is 5.74. The van der Waals surface area contributed by atoms with Crippen LogP contribution in [-0.2, 0) is 13.0 Å². The maximum absolute atomic E-state index is 9.20. The Morgan fingerprint density at radius 3 is 2.22 bits per heavy atom. The summed E-state index contributed by atoms with van der Waals surface area (Å²) in [5.41, 5.74) is 5.44. The minimum atomic E-state index is -0.248. The molecule has 0 saturated carbocycles. The van der Waals surface area contributed by atoms with Gasteiger partial charge >= 0.3 is 0 Å². The highest BCUT2D eigenvalue weighted by Crippen LogP contribution is 2.38. The van der Waals surface area contributed by atoms with Gasteiger partial charge in [0.25, 0.3) is 0 Å². The number of hydrogen-bond acceptors (Lipinski definition) is 4. The van der Waals surface area contributed by atoms with Crippen LogP contribution >= 0.6 is 0 Å². The minimum absolute atomic E-state index is 0.248. The molecule has 4 nitrogen and oxygen atoms in total. The van der Waals surface area contributed by atoms with E-state index < -0.39 is 0 Å². The molecule has 0 N–H and O–H groups in total. The smallest absolute Gasteiger partial charge is 0.131 e. The van der Waals surface area contributed by atoms with Crippen molar-refractivity contribution in [1.29, 1.82) is 5.26 Å². The highest BCUT2D eigenvalue weighted by Gasteiger charge is 2.16. The number of nitriles is 1. The summed E-state index contributed by atoms with van der Waals surface area (Å²) in [5, 5.41) is 9.20. The Hall–Kier alpha value is -3.45. The summed E-state index contributed by atoms with van der Waals surface area (Å²) in [7, 11) is 4.10. The van der Waals surface area contributed by atoms with Crippen molar-refractivity contribution in [3.8, 4) is 28.7 Å². The molecular formula is C32H40N2O2. The molecule has 0 aliphatic carbocycles. The van der Waals surface area contributed by atoms with E-state index in [0.717, 1.165) is 60.3 Å². The zero-order valence-electron chi connectivity index (χ0n) is 22.5. The van der Waals surface area contributed by atoms with E-state index in [-0.39, 0.29) is 5.41 Å². The molecule has 0 atom stereocenters. The van der Waals surface area contributed by atoms with Crippen molar-refractivity contribution in [2.24, 2.45) is 5.41 Å². The number of ether oxygens (including phenoxy) is 2. The lowest BCUT2D eigenvalue weighted by Crippen LogP contribution is -2.08. The molecule has 190 valence electrons. The fourth-order valence-corrected chi connectivity index (χ4v) is 4.12. The van der Waals surface area contributed by atoms with Gasteiger partial charge in [0.2, 0.25) is 0 Å². The topological polar surface area (TPSA) is 45.5 Å². The van der Waals surface area contributed by atoms with Crippen molar-refractivity contribution in [1.82, 2.24) is 0 Å². The Morgan fingerprint density at radius 2 is 1.58 bits per heavy atom. The van der Waals surface area contributed by atoms with Crippen molar-refractivity contribution in [3.63, 3.8) is 0 Å². The first-order valence-corrected chi connectivity index (χ1v) is 13.0. The van der Waals surface area contributed by atoms with Crippen LogP contribution in [0.5, 0.6) is 11.5 Å². The molecular weight excluding hydrogens is 444 g/mol. The van der Waals surface area contributed by atoms with Gasteiger partial charge in [-0.15, -0.1) is 0 Å². The number of hydrogen-bond donors (Lipinski definition) is 0. The molecule has 4 heteroatoms. The van der Waals surface area contributed by atoms with E-state index in [4.69, 9.17) is 9.47 Å². The van der Waals surface area contributed by atoms with Crippen LogP contribution in [-0.4, -0.2) is 20.7 Å². The quantitative estimate of drug-likeness (QED) is 0.230. The average Bonchev–Trinajstić information content (AvgIpc) is 2.90. The first-order chi connectivity index (χ1) is 17.3. The Balaban J connectivity index is 1.78. The van der Waals surface area contributed by atoms with E-state index in [2.05, 4.69) is 80.5 Å². The van der Waals surface area contributed by atoms with Gasteiger partial charge in [-0.2, -0.15) is 5.26 Å². The molecule has 0 aliphatic heterocycles. The first kappa shape index (κ1) is 27.1. The zero-order valence-corrected chi connectivity index (χ0v) is 22.5. The zero-order chi connectivity index (χ0) is 26.0. The summed E-state index contributed by atoms with van der Waals surface area (Å²) in [6.45, 7) is 7.33. The van der Waals surface area contributed by atoms with Gasteiger partial charge < -0.3 is 14.4 Å². The van der Waals surface area contributed by atoms with Gasteiger partial charge in [0, 0.05) is 31.4 Å². The van der Waals surface area contributed by atoms with E-state index in [9.17, 15) is 5.26 Å². The van der Waals surface area contributed by atoms with Gasteiger partial charge in [0.15, 0.2) is 0 Å². The van der Waals surface area contributed by atoms with E-state index >= 15 is 0 Å². The molecule has 0 unspecified atom stereocenters. The minimum Gasteiger partial charge on any atom is -0.493 e. The molecule has 0 spiro atoms. The molecule has 0 radical (unpaired) electrons. The predicted molar refractivity (Wildman–Crippen MR) is 150 cm³/mol. The van der Waals surface area contributed by atoms with Gasteiger partial charge in [-0.1, -0.05) is 62.2 Å². The van der Waals surface area contributed by atoms with Gasteiger partial charge in [0.1, 0.15) is 18.1 Å². The molecule has 0 fully saturated rings. The van der Waals surface area contributed by atoms with Crippen molar-refractivity contribution in [3.05, 3.63) is 77.9 Å².